The van der Waals surface area contributed by atoms with Gasteiger partial charge in [-0.25, -0.2) is 9.78 Å². The maximum absolute atomic E-state index is 12.3. The lowest BCUT2D eigenvalue weighted by atomic mass is 10.1. The summed E-state index contributed by atoms with van der Waals surface area (Å²) in [5.41, 5.74) is 10.3. The fraction of sp³-hybridized carbons (Fsp3) is 0.143. The number of methoxy groups -OCH3 is 1. The summed E-state index contributed by atoms with van der Waals surface area (Å²) in [5, 5.41) is 4.19. The van der Waals surface area contributed by atoms with Crippen LogP contribution in [-0.4, -0.2) is 35.2 Å². The fourth-order valence-electron chi connectivity index (χ4n) is 3.13. The van der Waals surface area contributed by atoms with Crippen molar-refractivity contribution in [3.8, 4) is 11.3 Å². The molecule has 4 rings (SSSR count). The SMILES string of the molecule is COC1=CC=C(c2ccn3c(-c4cccc(NC(=O)NCC(F)(F)F)c4)cnc3c2)NN1. The van der Waals surface area contributed by atoms with Gasteiger partial charge in [0.15, 0.2) is 0 Å². The Labute approximate surface area is 180 Å². The second kappa shape index (κ2) is 8.53. The number of hydrogen-bond acceptors (Lipinski definition) is 5. The molecule has 0 bridgehead atoms. The zero-order valence-electron chi connectivity index (χ0n) is 16.8. The Hall–Kier alpha value is -4.15. The molecule has 3 aromatic rings. The molecular weight excluding hydrogens is 425 g/mol. The summed E-state index contributed by atoms with van der Waals surface area (Å²) in [5.74, 6) is 0.596. The van der Waals surface area contributed by atoms with Crippen LogP contribution in [-0.2, 0) is 4.74 Å². The van der Waals surface area contributed by atoms with Crippen LogP contribution >= 0.6 is 0 Å². The Morgan fingerprint density at radius 2 is 2.00 bits per heavy atom. The van der Waals surface area contributed by atoms with Crippen molar-refractivity contribution in [1.29, 1.82) is 0 Å². The molecule has 11 heteroatoms. The Morgan fingerprint density at radius 3 is 2.72 bits per heavy atom. The number of imidazole rings is 1. The van der Waals surface area contributed by atoms with Gasteiger partial charge in [-0.15, -0.1) is 0 Å². The summed E-state index contributed by atoms with van der Waals surface area (Å²) in [6.45, 7) is -1.41. The molecular formula is C21H19F3N6O2. The number of anilines is 1. The molecule has 2 amide bonds. The zero-order valence-corrected chi connectivity index (χ0v) is 16.8. The summed E-state index contributed by atoms with van der Waals surface area (Å²) in [4.78, 5) is 16.2. The Morgan fingerprint density at radius 1 is 1.16 bits per heavy atom. The van der Waals surface area contributed by atoms with Gasteiger partial charge in [0.05, 0.1) is 24.7 Å². The number of amides is 2. The van der Waals surface area contributed by atoms with Crippen molar-refractivity contribution in [3.05, 3.63) is 72.4 Å². The number of allylic oxidation sites excluding steroid dienone is 2. The second-order valence-corrected chi connectivity index (χ2v) is 6.86. The van der Waals surface area contributed by atoms with Gasteiger partial charge in [0, 0.05) is 29.1 Å². The smallest absolute Gasteiger partial charge is 0.405 e. The number of hydrogen-bond donors (Lipinski definition) is 4. The number of ether oxygens (including phenoxy) is 1. The summed E-state index contributed by atoms with van der Waals surface area (Å²) in [6.07, 6.45) is 2.75. The molecule has 32 heavy (non-hydrogen) atoms. The van der Waals surface area contributed by atoms with Crippen LogP contribution in [0.2, 0.25) is 0 Å². The van der Waals surface area contributed by atoms with E-state index in [1.54, 1.807) is 42.9 Å². The number of alkyl halides is 3. The second-order valence-electron chi connectivity index (χ2n) is 6.86. The zero-order chi connectivity index (χ0) is 22.7. The molecule has 0 atom stereocenters. The predicted octanol–water partition coefficient (Wildman–Crippen LogP) is 3.62. The monoisotopic (exact) mass is 444 g/mol. The molecule has 0 saturated heterocycles. The third-order valence-corrected chi connectivity index (χ3v) is 4.63. The van der Waals surface area contributed by atoms with Crippen LogP contribution in [0.3, 0.4) is 0 Å². The van der Waals surface area contributed by atoms with Crippen LogP contribution in [0.15, 0.2) is 66.8 Å². The number of hydrazine groups is 1. The molecule has 8 nitrogen and oxygen atoms in total. The van der Waals surface area contributed by atoms with Gasteiger partial charge in [-0.2, -0.15) is 13.2 Å². The summed E-state index contributed by atoms with van der Waals surface area (Å²) < 4.78 is 43.8. The van der Waals surface area contributed by atoms with Gasteiger partial charge in [0.25, 0.3) is 0 Å². The maximum Gasteiger partial charge on any atom is 0.405 e. The van der Waals surface area contributed by atoms with E-state index < -0.39 is 18.8 Å². The highest BCUT2D eigenvalue weighted by Gasteiger charge is 2.27. The Balaban J connectivity index is 1.54. The van der Waals surface area contributed by atoms with Gasteiger partial charge in [0.2, 0.25) is 5.88 Å². The van der Waals surface area contributed by atoms with Crippen LogP contribution in [0.25, 0.3) is 22.6 Å². The van der Waals surface area contributed by atoms with Gasteiger partial charge < -0.3 is 15.4 Å². The highest BCUT2D eigenvalue weighted by molar-refractivity contribution is 5.90. The van der Waals surface area contributed by atoms with Crippen molar-refractivity contribution in [2.45, 2.75) is 6.18 Å². The number of fused-ring (bicyclic) bond motifs is 1. The topological polar surface area (TPSA) is 91.7 Å². The molecule has 0 fully saturated rings. The molecule has 1 aromatic carbocycles. The number of pyridine rings is 1. The lowest BCUT2D eigenvalue weighted by Crippen LogP contribution is -2.36. The molecule has 0 saturated carbocycles. The van der Waals surface area contributed by atoms with E-state index in [1.165, 1.54) is 0 Å². The molecule has 0 aliphatic carbocycles. The van der Waals surface area contributed by atoms with E-state index in [0.29, 0.717) is 17.2 Å². The minimum absolute atomic E-state index is 0.358. The first-order valence-corrected chi connectivity index (χ1v) is 9.50. The first kappa shape index (κ1) is 21.1. The van der Waals surface area contributed by atoms with E-state index in [4.69, 9.17) is 4.74 Å². The largest absolute Gasteiger partial charge is 0.481 e. The standard InChI is InChI=1S/C21H19F3N6O2/c1-32-19-6-5-16(28-29-19)13-7-8-30-17(11-25-18(30)10-13)14-3-2-4-15(9-14)27-20(31)26-12-21(22,23)24/h2-11,28-29H,12H2,1H3,(H2,26,27,31). The normalized spacial score (nSPS) is 13.5. The quantitative estimate of drug-likeness (QED) is 0.483. The summed E-state index contributed by atoms with van der Waals surface area (Å²) in [6, 6.07) is 9.66. The maximum atomic E-state index is 12.3. The van der Waals surface area contributed by atoms with Gasteiger partial charge >= 0.3 is 12.2 Å². The van der Waals surface area contributed by atoms with Crippen LogP contribution in [0, 0.1) is 0 Å². The number of rotatable bonds is 5. The molecule has 4 N–H and O–H groups in total. The number of carbonyl (C=O) groups excluding carboxylic acids is 1. The minimum Gasteiger partial charge on any atom is -0.481 e. The molecule has 1 aliphatic rings. The summed E-state index contributed by atoms with van der Waals surface area (Å²) in [7, 11) is 1.57. The van der Waals surface area contributed by atoms with Crippen molar-refractivity contribution >= 4 is 23.1 Å². The number of carbonyl (C=O) groups is 1. The molecule has 1 aliphatic heterocycles. The van der Waals surface area contributed by atoms with E-state index in [2.05, 4.69) is 21.2 Å². The van der Waals surface area contributed by atoms with Crippen molar-refractivity contribution in [2.75, 3.05) is 19.0 Å². The van der Waals surface area contributed by atoms with E-state index in [-0.39, 0.29) is 0 Å². The number of nitrogens with one attached hydrogen (secondary N) is 4. The highest BCUT2D eigenvalue weighted by atomic mass is 19.4. The van der Waals surface area contributed by atoms with Crippen molar-refractivity contribution in [2.24, 2.45) is 0 Å². The molecule has 0 spiro atoms. The Kier molecular flexibility index (Phi) is 5.63. The highest BCUT2D eigenvalue weighted by Crippen LogP contribution is 2.25. The van der Waals surface area contributed by atoms with E-state index in [0.717, 1.165) is 22.5 Å². The van der Waals surface area contributed by atoms with Crippen LogP contribution in [0.4, 0.5) is 23.7 Å². The van der Waals surface area contributed by atoms with E-state index in [1.807, 2.05) is 34.9 Å². The number of nitrogens with zero attached hydrogens (tertiary/aromatic N) is 2. The first-order valence-electron chi connectivity index (χ1n) is 9.50. The van der Waals surface area contributed by atoms with Crippen LogP contribution in [0.1, 0.15) is 5.56 Å². The van der Waals surface area contributed by atoms with E-state index in [9.17, 15) is 18.0 Å². The predicted molar refractivity (Wildman–Crippen MR) is 113 cm³/mol. The number of benzene rings is 1. The average molecular weight is 444 g/mol. The third kappa shape index (κ3) is 4.77. The first-order chi connectivity index (χ1) is 15.3. The molecule has 0 unspecified atom stereocenters. The van der Waals surface area contributed by atoms with Gasteiger partial charge in [-0.05, 0) is 30.3 Å². The molecule has 166 valence electrons. The third-order valence-electron chi connectivity index (χ3n) is 4.63. The molecule has 0 radical (unpaired) electrons. The molecule has 3 heterocycles. The van der Waals surface area contributed by atoms with Crippen LogP contribution in [0.5, 0.6) is 0 Å². The van der Waals surface area contributed by atoms with Crippen molar-refractivity contribution in [3.63, 3.8) is 0 Å². The Bertz CT molecular complexity index is 1220. The van der Waals surface area contributed by atoms with Crippen LogP contribution < -0.4 is 21.5 Å². The van der Waals surface area contributed by atoms with E-state index >= 15 is 0 Å². The van der Waals surface area contributed by atoms with Crippen molar-refractivity contribution < 1.29 is 22.7 Å². The average Bonchev–Trinajstić information content (AvgIpc) is 3.21. The van der Waals surface area contributed by atoms with Gasteiger partial charge in [-0.1, -0.05) is 12.1 Å². The van der Waals surface area contributed by atoms with Gasteiger partial charge in [0.1, 0.15) is 12.2 Å². The lowest BCUT2D eigenvalue weighted by molar-refractivity contribution is -0.122. The number of aromatic nitrogens is 2. The number of halogens is 3. The van der Waals surface area contributed by atoms with Crippen molar-refractivity contribution in [1.82, 2.24) is 25.6 Å². The summed E-state index contributed by atoms with van der Waals surface area (Å²) >= 11 is 0. The lowest BCUT2D eigenvalue weighted by Gasteiger charge is -2.18. The number of urea groups is 1. The minimum atomic E-state index is -4.48. The van der Waals surface area contributed by atoms with Gasteiger partial charge in [-0.3, -0.25) is 15.3 Å². The fourth-order valence-corrected chi connectivity index (χ4v) is 3.13. The molecule has 2 aromatic heterocycles.